The fourth-order valence-electron chi connectivity index (χ4n) is 3.03. The molecule has 0 spiro atoms. The Balaban J connectivity index is 1.66. The predicted octanol–water partition coefficient (Wildman–Crippen LogP) is 4.15. The number of thiophene rings is 1. The van der Waals surface area contributed by atoms with E-state index in [2.05, 4.69) is 15.3 Å². The average Bonchev–Trinajstić information content (AvgIpc) is 3.33. The van der Waals surface area contributed by atoms with Gasteiger partial charge in [0.05, 0.1) is 17.9 Å². The van der Waals surface area contributed by atoms with Crippen LogP contribution in [0, 0.1) is 0 Å². The number of carbonyl (C=O) groups is 1. The van der Waals surface area contributed by atoms with Crippen molar-refractivity contribution < 1.29 is 9.90 Å². The minimum Gasteiger partial charge on any atom is -0.391 e. The van der Waals surface area contributed by atoms with E-state index in [9.17, 15) is 9.90 Å². The molecule has 4 rings (SSSR count). The number of imidazole rings is 1. The second-order valence-electron chi connectivity index (χ2n) is 7.94. The Bertz CT molecular complexity index is 1190. The van der Waals surface area contributed by atoms with Crippen molar-refractivity contribution in [2.24, 2.45) is 0 Å². The summed E-state index contributed by atoms with van der Waals surface area (Å²) in [5, 5.41) is 14.3. The summed E-state index contributed by atoms with van der Waals surface area (Å²) < 4.78 is 1.96. The largest absolute Gasteiger partial charge is 0.391 e. The van der Waals surface area contributed by atoms with Crippen LogP contribution in [0.25, 0.3) is 28.0 Å². The molecule has 7 heteroatoms. The lowest BCUT2D eigenvalue weighted by Crippen LogP contribution is -2.40. The Morgan fingerprint density at radius 1 is 1.14 bits per heavy atom. The summed E-state index contributed by atoms with van der Waals surface area (Å²) in [6, 6.07) is 7.77. The molecule has 2 N–H and O–H groups in total. The maximum absolute atomic E-state index is 12.5. The van der Waals surface area contributed by atoms with E-state index in [-0.39, 0.29) is 18.1 Å². The van der Waals surface area contributed by atoms with Gasteiger partial charge < -0.3 is 14.8 Å². The van der Waals surface area contributed by atoms with Gasteiger partial charge in [-0.25, -0.2) is 4.98 Å². The van der Waals surface area contributed by atoms with Crippen molar-refractivity contribution in [1.82, 2.24) is 19.7 Å². The molecule has 0 aliphatic carbocycles. The van der Waals surface area contributed by atoms with Gasteiger partial charge in [0.2, 0.25) is 0 Å². The third-order valence-corrected chi connectivity index (χ3v) is 5.30. The summed E-state index contributed by atoms with van der Waals surface area (Å²) in [5.74, 6) is -0.157. The number of nitrogens with one attached hydrogen (secondary N) is 1. The van der Waals surface area contributed by atoms with Crippen molar-refractivity contribution >= 4 is 22.9 Å². The Hall–Kier alpha value is -3.03. The molecular weight excluding hydrogens is 384 g/mol. The van der Waals surface area contributed by atoms with Crippen molar-refractivity contribution in [2.45, 2.75) is 32.9 Å². The van der Waals surface area contributed by atoms with Gasteiger partial charge in [0.15, 0.2) is 0 Å². The molecule has 0 aliphatic heterocycles. The molecule has 4 heterocycles. The molecule has 148 valence electrons. The van der Waals surface area contributed by atoms with Gasteiger partial charge in [0, 0.05) is 40.8 Å². The first-order valence-electron chi connectivity index (χ1n) is 9.28. The van der Waals surface area contributed by atoms with Crippen LogP contribution in [0.5, 0.6) is 0 Å². The molecule has 0 aliphatic rings. The van der Waals surface area contributed by atoms with E-state index in [4.69, 9.17) is 0 Å². The van der Waals surface area contributed by atoms with Gasteiger partial charge in [-0.3, -0.25) is 9.78 Å². The van der Waals surface area contributed by atoms with Crippen molar-refractivity contribution in [2.75, 3.05) is 0 Å². The molecule has 1 amide bonds. The van der Waals surface area contributed by atoms with Crippen molar-refractivity contribution in [1.29, 1.82) is 0 Å². The third kappa shape index (κ3) is 4.21. The summed E-state index contributed by atoms with van der Waals surface area (Å²) in [5.41, 5.74) is 4.66. The third-order valence-electron chi connectivity index (χ3n) is 4.38. The van der Waals surface area contributed by atoms with Gasteiger partial charge in [0.1, 0.15) is 5.65 Å². The molecule has 0 radical (unpaired) electrons. The second-order valence-corrected chi connectivity index (χ2v) is 8.93. The molecule has 4 aromatic heterocycles. The van der Waals surface area contributed by atoms with E-state index in [1.54, 1.807) is 12.4 Å². The fraction of sp³-hybridized carbons (Fsp3) is 0.227. The van der Waals surface area contributed by atoms with Crippen LogP contribution in [0.3, 0.4) is 0 Å². The lowest BCUT2D eigenvalue weighted by molar-refractivity contribution is 0.0919. The molecule has 0 saturated heterocycles. The smallest absolute Gasteiger partial charge is 0.253 e. The Morgan fingerprint density at radius 3 is 2.69 bits per heavy atom. The number of pyridine rings is 2. The van der Waals surface area contributed by atoms with Crippen LogP contribution in [0.1, 0.15) is 36.0 Å². The first-order valence-corrected chi connectivity index (χ1v) is 10.2. The summed E-state index contributed by atoms with van der Waals surface area (Å²) in [6.45, 7) is 5.88. The number of hydrogen-bond donors (Lipinski definition) is 2. The quantitative estimate of drug-likeness (QED) is 0.534. The number of aliphatic hydroxyl groups is 1. The zero-order valence-electron chi connectivity index (χ0n) is 16.5. The predicted molar refractivity (Wildman–Crippen MR) is 115 cm³/mol. The molecular formula is C22H22N4O2S. The highest BCUT2D eigenvalue weighted by Gasteiger charge is 2.16. The SMILES string of the molecule is CC(C)(C)NC(=O)c1cncc(-c2cn3cc(-c4csc(CO)c4)ccc3n2)c1. The molecule has 4 aromatic rings. The molecule has 29 heavy (non-hydrogen) atoms. The molecule has 0 bridgehead atoms. The minimum atomic E-state index is -0.315. The normalized spacial score (nSPS) is 11.7. The lowest BCUT2D eigenvalue weighted by atomic mass is 10.1. The number of rotatable bonds is 4. The van der Waals surface area contributed by atoms with Gasteiger partial charge in [-0.15, -0.1) is 11.3 Å². The highest BCUT2D eigenvalue weighted by Crippen LogP contribution is 2.27. The standard InChI is InChI=1S/C22H22N4O2S/c1-22(2,3)25-21(28)16-6-15(8-23-9-16)19-11-26-10-14(4-5-20(26)24-19)17-7-18(12-27)29-13-17/h4-11,13,27H,12H2,1-3H3,(H,25,28). The number of aliphatic hydroxyl groups excluding tert-OH is 1. The lowest BCUT2D eigenvalue weighted by Gasteiger charge is -2.20. The highest BCUT2D eigenvalue weighted by molar-refractivity contribution is 7.10. The molecule has 6 nitrogen and oxygen atoms in total. The van der Waals surface area contributed by atoms with Crippen LogP contribution in [0.2, 0.25) is 0 Å². The summed E-state index contributed by atoms with van der Waals surface area (Å²) >= 11 is 1.54. The average molecular weight is 407 g/mol. The number of fused-ring (bicyclic) bond motifs is 1. The monoisotopic (exact) mass is 406 g/mol. The van der Waals surface area contributed by atoms with E-state index >= 15 is 0 Å². The van der Waals surface area contributed by atoms with Crippen molar-refractivity contribution in [3.63, 3.8) is 0 Å². The molecule has 0 unspecified atom stereocenters. The zero-order chi connectivity index (χ0) is 20.6. The van der Waals surface area contributed by atoms with E-state index in [0.717, 1.165) is 32.9 Å². The zero-order valence-corrected chi connectivity index (χ0v) is 17.3. The van der Waals surface area contributed by atoms with Crippen LogP contribution in [0.4, 0.5) is 0 Å². The molecule has 0 saturated carbocycles. The topological polar surface area (TPSA) is 79.5 Å². The molecule has 0 aromatic carbocycles. The summed E-state index contributed by atoms with van der Waals surface area (Å²) in [4.78, 5) is 22.3. The van der Waals surface area contributed by atoms with Crippen molar-refractivity contribution in [3.05, 3.63) is 64.9 Å². The summed E-state index contributed by atoms with van der Waals surface area (Å²) in [6.07, 6.45) is 7.22. The van der Waals surface area contributed by atoms with Crippen LogP contribution < -0.4 is 5.32 Å². The number of nitrogens with zero attached hydrogens (tertiary/aromatic N) is 3. The maximum atomic E-state index is 12.5. The fourth-order valence-corrected chi connectivity index (χ4v) is 3.79. The van der Waals surface area contributed by atoms with Gasteiger partial charge in [-0.1, -0.05) is 0 Å². The van der Waals surface area contributed by atoms with Gasteiger partial charge in [-0.05, 0) is 61.5 Å². The van der Waals surface area contributed by atoms with E-state index in [1.807, 2.05) is 67.2 Å². The minimum absolute atomic E-state index is 0.0499. The Labute approximate surface area is 172 Å². The Morgan fingerprint density at radius 2 is 1.97 bits per heavy atom. The molecule has 0 atom stereocenters. The molecule has 0 fully saturated rings. The maximum Gasteiger partial charge on any atom is 0.253 e. The van der Waals surface area contributed by atoms with Gasteiger partial charge >= 0.3 is 0 Å². The first kappa shape index (κ1) is 19.3. The number of carbonyl (C=O) groups excluding carboxylic acids is 1. The Kier molecular flexibility index (Phi) is 4.94. The number of amides is 1. The first-order chi connectivity index (χ1) is 13.8. The van der Waals surface area contributed by atoms with E-state index < -0.39 is 0 Å². The van der Waals surface area contributed by atoms with Crippen LogP contribution >= 0.6 is 11.3 Å². The van der Waals surface area contributed by atoms with Crippen LogP contribution in [-0.4, -0.2) is 30.9 Å². The number of aromatic nitrogens is 3. The van der Waals surface area contributed by atoms with Crippen LogP contribution in [-0.2, 0) is 6.61 Å². The highest BCUT2D eigenvalue weighted by atomic mass is 32.1. The van der Waals surface area contributed by atoms with Gasteiger partial charge in [-0.2, -0.15) is 0 Å². The van der Waals surface area contributed by atoms with Crippen molar-refractivity contribution in [3.8, 4) is 22.4 Å². The summed E-state index contributed by atoms with van der Waals surface area (Å²) in [7, 11) is 0. The van der Waals surface area contributed by atoms with Crippen LogP contribution in [0.15, 0.2) is 54.4 Å². The second kappa shape index (κ2) is 7.42. The van der Waals surface area contributed by atoms with E-state index in [0.29, 0.717) is 5.56 Å². The number of hydrogen-bond acceptors (Lipinski definition) is 5. The van der Waals surface area contributed by atoms with Gasteiger partial charge in [0.25, 0.3) is 5.91 Å². The van der Waals surface area contributed by atoms with E-state index in [1.165, 1.54) is 11.3 Å².